The second kappa shape index (κ2) is 9.67. The number of aromatic nitrogens is 3. The molecule has 0 atom stereocenters. The molecule has 4 rings (SSSR count). The molecule has 0 amide bonds. The SMILES string of the molecule is O=C(CCCSc1nnc(-c2cccs2)n1Cc1ccccc1)c1ccccc1. The van der Waals surface area contributed by atoms with E-state index in [9.17, 15) is 4.79 Å². The van der Waals surface area contributed by atoms with E-state index in [0.29, 0.717) is 6.42 Å². The fourth-order valence-corrected chi connectivity index (χ4v) is 4.65. The highest BCUT2D eigenvalue weighted by atomic mass is 32.2. The third kappa shape index (κ3) is 5.02. The van der Waals surface area contributed by atoms with E-state index in [4.69, 9.17) is 0 Å². The summed E-state index contributed by atoms with van der Waals surface area (Å²) in [7, 11) is 0. The zero-order valence-electron chi connectivity index (χ0n) is 15.9. The van der Waals surface area contributed by atoms with Gasteiger partial charge in [0.05, 0.1) is 11.4 Å². The maximum absolute atomic E-state index is 12.3. The highest BCUT2D eigenvalue weighted by Crippen LogP contribution is 2.28. The number of thioether (sulfide) groups is 1. The lowest BCUT2D eigenvalue weighted by Crippen LogP contribution is -2.04. The van der Waals surface area contributed by atoms with Gasteiger partial charge in [0.2, 0.25) is 0 Å². The summed E-state index contributed by atoms with van der Waals surface area (Å²) in [6.07, 6.45) is 1.35. The van der Waals surface area contributed by atoms with E-state index < -0.39 is 0 Å². The van der Waals surface area contributed by atoms with Gasteiger partial charge in [0, 0.05) is 17.7 Å². The highest BCUT2D eigenvalue weighted by molar-refractivity contribution is 7.99. The van der Waals surface area contributed by atoms with Crippen LogP contribution >= 0.6 is 23.1 Å². The predicted octanol–water partition coefficient (Wildman–Crippen LogP) is 5.81. The van der Waals surface area contributed by atoms with Crippen LogP contribution in [0.2, 0.25) is 0 Å². The highest BCUT2D eigenvalue weighted by Gasteiger charge is 2.16. The molecule has 0 aliphatic rings. The Labute approximate surface area is 178 Å². The summed E-state index contributed by atoms with van der Waals surface area (Å²) in [5, 5.41) is 11.8. The molecule has 0 unspecified atom stereocenters. The number of carbonyl (C=O) groups is 1. The van der Waals surface area contributed by atoms with Crippen molar-refractivity contribution in [2.75, 3.05) is 5.75 Å². The minimum Gasteiger partial charge on any atom is -0.297 e. The van der Waals surface area contributed by atoms with E-state index in [2.05, 4.69) is 38.3 Å². The third-order valence-corrected chi connectivity index (χ3v) is 6.44. The summed E-state index contributed by atoms with van der Waals surface area (Å²) in [5.74, 6) is 1.92. The topological polar surface area (TPSA) is 47.8 Å². The smallest absolute Gasteiger partial charge is 0.191 e. The second-order valence-corrected chi connectivity index (χ2v) is 8.61. The molecule has 4 nitrogen and oxygen atoms in total. The third-order valence-electron chi connectivity index (χ3n) is 4.52. The maximum Gasteiger partial charge on any atom is 0.191 e. The monoisotopic (exact) mass is 419 g/mol. The van der Waals surface area contributed by atoms with Crippen LogP contribution in [0.25, 0.3) is 10.7 Å². The number of hydrogen-bond acceptors (Lipinski definition) is 5. The molecule has 2 heterocycles. The van der Waals surface area contributed by atoms with Crippen molar-refractivity contribution in [1.82, 2.24) is 14.8 Å². The van der Waals surface area contributed by atoms with Gasteiger partial charge in [-0.05, 0) is 23.4 Å². The molecular formula is C23H21N3OS2. The van der Waals surface area contributed by atoms with E-state index in [1.807, 2.05) is 54.6 Å². The molecule has 2 aromatic heterocycles. The van der Waals surface area contributed by atoms with Gasteiger partial charge >= 0.3 is 0 Å². The zero-order chi connectivity index (χ0) is 19.9. The first-order chi connectivity index (χ1) is 14.3. The minimum atomic E-state index is 0.191. The summed E-state index contributed by atoms with van der Waals surface area (Å²) >= 11 is 3.33. The molecule has 0 fully saturated rings. The van der Waals surface area contributed by atoms with Crippen LogP contribution in [-0.2, 0) is 6.54 Å². The number of rotatable bonds is 9. The Bertz CT molecular complexity index is 1040. The van der Waals surface area contributed by atoms with Crippen LogP contribution in [0.4, 0.5) is 0 Å². The lowest BCUT2D eigenvalue weighted by molar-refractivity contribution is 0.0982. The van der Waals surface area contributed by atoms with Gasteiger partial charge in [0.15, 0.2) is 16.8 Å². The van der Waals surface area contributed by atoms with Crippen molar-refractivity contribution >= 4 is 28.9 Å². The van der Waals surface area contributed by atoms with Crippen molar-refractivity contribution in [3.8, 4) is 10.7 Å². The largest absolute Gasteiger partial charge is 0.297 e. The maximum atomic E-state index is 12.3. The molecule has 0 aliphatic carbocycles. The standard InChI is InChI=1S/C23H21N3OS2/c27-20(19-11-5-2-6-12-19)13-7-16-29-23-25-24-22(21-14-8-15-28-21)26(23)17-18-9-3-1-4-10-18/h1-6,8-12,14-15H,7,13,16-17H2. The molecule has 0 radical (unpaired) electrons. The Hall–Kier alpha value is -2.70. The number of Topliss-reactive ketones (excluding diaryl/α,β-unsaturated/α-hetero) is 1. The van der Waals surface area contributed by atoms with Crippen LogP contribution in [0.1, 0.15) is 28.8 Å². The molecule has 0 saturated heterocycles. The Kier molecular flexibility index (Phi) is 6.54. The van der Waals surface area contributed by atoms with Crippen LogP contribution in [0.5, 0.6) is 0 Å². The van der Waals surface area contributed by atoms with Crippen molar-refractivity contribution < 1.29 is 4.79 Å². The van der Waals surface area contributed by atoms with Gasteiger partial charge in [-0.15, -0.1) is 21.5 Å². The van der Waals surface area contributed by atoms with Crippen molar-refractivity contribution in [1.29, 1.82) is 0 Å². The number of benzene rings is 2. The van der Waals surface area contributed by atoms with Gasteiger partial charge in [-0.25, -0.2) is 0 Å². The van der Waals surface area contributed by atoms with Crippen LogP contribution in [0, 0.1) is 0 Å². The predicted molar refractivity (Wildman–Crippen MR) is 120 cm³/mol. The van der Waals surface area contributed by atoms with Gasteiger partial charge < -0.3 is 0 Å². The molecule has 0 N–H and O–H groups in total. The van der Waals surface area contributed by atoms with Gasteiger partial charge in [-0.3, -0.25) is 9.36 Å². The Morgan fingerprint density at radius 3 is 2.41 bits per heavy atom. The van der Waals surface area contributed by atoms with E-state index in [0.717, 1.165) is 40.1 Å². The van der Waals surface area contributed by atoms with Crippen molar-refractivity contribution in [3.63, 3.8) is 0 Å². The lowest BCUT2D eigenvalue weighted by atomic mass is 10.1. The lowest BCUT2D eigenvalue weighted by Gasteiger charge is -2.09. The van der Waals surface area contributed by atoms with E-state index in [1.165, 1.54) is 5.56 Å². The molecule has 2 aromatic carbocycles. The summed E-state index contributed by atoms with van der Waals surface area (Å²) in [6.45, 7) is 0.729. The molecule has 146 valence electrons. The number of thiophene rings is 1. The molecule has 29 heavy (non-hydrogen) atoms. The van der Waals surface area contributed by atoms with Crippen LogP contribution < -0.4 is 0 Å². The summed E-state index contributed by atoms with van der Waals surface area (Å²) < 4.78 is 2.17. The van der Waals surface area contributed by atoms with E-state index in [1.54, 1.807) is 23.1 Å². The number of ketones is 1. The van der Waals surface area contributed by atoms with Gasteiger partial charge in [0.25, 0.3) is 0 Å². The van der Waals surface area contributed by atoms with Gasteiger partial charge in [-0.1, -0.05) is 78.5 Å². The normalized spacial score (nSPS) is 10.9. The van der Waals surface area contributed by atoms with E-state index >= 15 is 0 Å². The molecule has 0 spiro atoms. The van der Waals surface area contributed by atoms with Crippen LogP contribution in [0.15, 0.2) is 83.3 Å². The molecule has 0 bridgehead atoms. The van der Waals surface area contributed by atoms with Crippen molar-refractivity contribution in [2.45, 2.75) is 24.5 Å². The first-order valence-corrected chi connectivity index (χ1v) is 11.4. The molecule has 6 heteroatoms. The Morgan fingerprint density at radius 1 is 0.931 bits per heavy atom. The van der Waals surface area contributed by atoms with Gasteiger partial charge in [-0.2, -0.15) is 0 Å². The Morgan fingerprint density at radius 2 is 1.69 bits per heavy atom. The summed E-state index contributed by atoms with van der Waals surface area (Å²) in [5.41, 5.74) is 2.00. The quantitative estimate of drug-likeness (QED) is 0.195. The molecule has 4 aromatic rings. The van der Waals surface area contributed by atoms with Crippen LogP contribution in [-0.4, -0.2) is 26.3 Å². The first-order valence-electron chi connectivity index (χ1n) is 9.53. The average molecular weight is 420 g/mol. The average Bonchev–Trinajstić information content (AvgIpc) is 3.43. The number of nitrogens with zero attached hydrogens (tertiary/aromatic N) is 3. The fourth-order valence-electron chi connectivity index (χ4n) is 3.06. The van der Waals surface area contributed by atoms with Crippen molar-refractivity contribution in [2.24, 2.45) is 0 Å². The summed E-state index contributed by atoms with van der Waals surface area (Å²) in [4.78, 5) is 13.4. The van der Waals surface area contributed by atoms with Crippen LogP contribution in [0.3, 0.4) is 0 Å². The molecule has 0 aliphatic heterocycles. The number of hydrogen-bond donors (Lipinski definition) is 0. The van der Waals surface area contributed by atoms with Crippen molar-refractivity contribution in [3.05, 3.63) is 89.3 Å². The first kappa shape index (κ1) is 19.6. The molecular weight excluding hydrogens is 398 g/mol. The van der Waals surface area contributed by atoms with E-state index in [-0.39, 0.29) is 5.78 Å². The Balaban J connectivity index is 1.43. The zero-order valence-corrected chi connectivity index (χ0v) is 17.5. The fraction of sp³-hybridized carbons (Fsp3) is 0.174. The second-order valence-electron chi connectivity index (χ2n) is 6.60. The van der Waals surface area contributed by atoms with Gasteiger partial charge in [0.1, 0.15) is 0 Å². The summed E-state index contributed by atoms with van der Waals surface area (Å²) in [6, 6.07) is 23.9. The minimum absolute atomic E-state index is 0.191. The molecule has 0 saturated carbocycles. The number of carbonyl (C=O) groups excluding carboxylic acids is 1.